The zero-order valence-corrected chi connectivity index (χ0v) is 43.2. The number of ether oxygens (including phenoxy) is 4. The number of unbranched alkanes of at least 4 members (excludes halogenated alkanes) is 21. The molecule has 4 N–H and O–H groups in total. The standard InChI is InChI=1S/C55H96O12S/c1-3-5-7-9-11-13-15-17-19-21-23-24-25-27-29-31-33-35-37-39-41-43-45-63-47-49(48-64-55-53(59)54(67-68(60,61)62)52(58)50(46-56)66-55)65-51(57)44-42-40-38-36-34-32-30-28-26-22-20-18-16-14-12-10-8-6-4-2/h12,14-15,17-18,20-21,23,25-28,49-50,52-56,58-59H,3-11,13,16,19,22,24,29-48H2,1-2H3,(H,60,61,62)/b14-12-,17-15-,20-18-,23-21-,27-25-,28-26-. The lowest BCUT2D eigenvalue weighted by molar-refractivity contribution is -0.301. The van der Waals surface area contributed by atoms with Gasteiger partial charge in [0, 0.05) is 13.0 Å². The van der Waals surface area contributed by atoms with Gasteiger partial charge in [0.25, 0.3) is 0 Å². The second-order valence-electron chi connectivity index (χ2n) is 18.1. The Morgan fingerprint density at radius 1 is 0.559 bits per heavy atom. The van der Waals surface area contributed by atoms with E-state index in [0.29, 0.717) is 13.0 Å². The van der Waals surface area contributed by atoms with Crippen molar-refractivity contribution < 1.29 is 56.2 Å². The number of esters is 1. The minimum absolute atomic E-state index is 0.0203. The van der Waals surface area contributed by atoms with Crippen LogP contribution in [0.3, 0.4) is 0 Å². The SMILES string of the molecule is CCCCC/C=C\C/C=C\C/C=C\CCCCCCCCC(=O)OC(COCCCCCCCCC/C=C\C/C=C\C/C=C\CCCCCCC)COC1OC(CO)C(O)C(OS(=O)(=O)O)C1O. The van der Waals surface area contributed by atoms with E-state index in [1.54, 1.807) is 0 Å². The number of aliphatic hydroxyl groups excluding tert-OH is 3. The highest BCUT2D eigenvalue weighted by atomic mass is 32.3. The Morgan fingerprint density at radius 3 is 1.44 bits per heavy atom. The van der Waals surface area contributed by atoms with Gasteiger partial charge in [-0.05, 0) is 89.9 Å². The first kappa shape index (κ1) is 63.6. The highest BCUT2D eigenvalue weighted by Gasteiger charge is 2.48. The predicted octanol–water partition coefficient (Wildman–Crippen LogP) is 12.6. The van der Waals surface area contributed by atoms with Crippen LogP contribution < -0.4 is 0 Å². The molecule has 0 saturated carbocycles. The summed E-state index contributed by atoms with van der Waals surface area (Å²) < 4.78 is 59.3. The summed E-state index contributed by atoms with van der Waals surface area (Å²) in [5.41, 5.74) is 0. The fourth-order valence-electron chi connectivity index (χ4n) is 7.75. The van der Waals surface area contributed by atoms with Crippen molar-refractivity contribution in [2.75, 3.05) is 26.4 Å². The third-order valence-corrected chi connectivity index (χ3v) is 12.3. The second-order valence-corrected chi connectivity index (χ2v) is 19.2. The van der Waals surface area contributed by atoms with Crippen LogP contribution in [0.5, 0.6) is 0 Å². The van der Waals surface area contributed by atoms with E-state index in [-0.39, 0.29) is 19.6 Å². The molecule has 12 nitrogen and oxygen atoms in total. The van der Waals surface area contributed by atoms with Crippen molar-refractivity contribution in [3.63, 3.8) is 0 Å². The first-order valence-electron chi connectivity index (χ1n) is 26.7. The molecule has 394 valence electrons. The Labute approximate surface area is 413 Å². The first-order chi connectivity index (χ1) is 33.1. The molecule has 0 amide bonds. The van der Waals surface area contributed by atoms with E-state index in [0.717, 1.165) is 96.3 Å². The third-order valence-electron chi connectivity index (χ3n) is 11.8. The molecule has 0 radical (unpaired) electrons. The van der Waals surface area contributed by atoms with Crippen LogP contribution in [0.4, 0.5) is 0 Å². The molecular formula is C55H96O12S. The summed E-state index contributed by atoms with van der Waals surface area (Å²) in [4.78, 5) is 12.9. The fraction of sp³-hybridized carbons (Fsp3) is 0.764. The monoisotopic (exact) mass is 981 g/mol. The molecule has 13 heteroatoms. The Morgan fingerprint density at radius 2 is 0.971 bits per heavy atom. The molecule has 0 aromatic rings. The largest absolute Gasteiger partial charge is 0.457 e. The first-order valence-corrected chi connectivity index (χ1v) is 28.1. The zero-order valence-electron chi connectivity index (χ0n) is 42.4. The molecule has 6 unspecified atom stereocenters. The predicted molar refractivity (Wildman–Crippen MR) is 276 cm³/mol. The van der Waals surface area contributed by atoms with E-state index in [1.165, 1.54) is 83.5 Å². The highest BCUT2D eigenvalue weighted by molar-refractivity contribution is 7.80. The molecule has 0 aromatic carbocycles. The number of aliphatic hydroxyl groups is 3. The van der Waals surface area contributed by atoms with Gasteiger partial charge in [-0.1, -0.05) is 183 Å². The summed E-state index contributed by atoms with van der Waals surface area (Å²) >= 11 is 0. The van der Waals surface area contributed by atoms with Crippen LogP contribution in [0.1, 0.15) is 206 Å². The number of rotatable bonds is 46. The molecule has 1 aliphatic heterocycles. The molecule has 1 saturated heterocycles. The van der Waals surface area contributed by atoms with Gasteiger partial charge in [0.15, 0.2) is 6.29 Å². The van der Waals surface area contributed by atoms with E-state index in [9.17, 15) is 33.1 Å². The number of allylic oxidation sites excluding steroid dienone is 12. The number of hydrogen-bond acceptors (Lipinski definition) is 11. The topological polar surface area (TPSA) is 178 Å². The summed E-state index contributed by atoms with van der Waals surface area (Å²) in [5, 5.41) is 30.8. The molecule has 0 spiro atoms. The van der Waals surface area contributed by atoms with Gasteiger partial charge in [0.1, 0.15) is 30.5 Å². The second kappa shape index (κ2) is 45.7. The van der Waals surface area contributed by atoms with Gasteiger partial charge in [-0.3, -0.25) is 9.35 Å². The molecule has 1 fully saturated rings. The Kier molecular flexibility index (Phi) is 42.7. The smallest absolute Gasteiger partial charge is 0.397 e. The highest BCUT2D eigenvalue weighted by Crippen LogP contribution is 2.26. The minimum atomic E-state index is -5.07. The summed E-state index contributed by atoms with van der Waals surface area (Å²) in [5.74, 6) is -0.417. The normalized spacial score (nSPS) is 19.9. The van der Waals surface area contributed by atoms with Gasteiger partial charge in [-0.25, -0.2) is 4.18 Å². The van der Waals surface area contributed by atoms with E-state index < -0.39 is 59.8 Å². The van der Waals surface area contributed by atoms with Crippen LogP contribution in [0, 0.1) is 0 Å². The molecule has 0 aliphatic carbocycles. The average Bonchev–Trinajstić information content (AvgIpc) is 3.31. The van der Waals surface area contributed by atoms with Gasteiger partial charge in [-0.15, -0.1) is 0 Å². The van der Waals surface area contributed by atoms with Crippen molar-refractivity contribution >= 4 is 16.4 Å². The van der Waals surface area contributed by atoms with E-state index in [2.05, 4.69) is 90.9 Å². The third kappa shape index (κ3) is 38.3. The van der Waals surface area contributed by atoms with Gasteiger partial charge in [0.05, 0.1) is 19.8 Å². The molecule has 6 atom stereocenters. The maximum atomic E-state index is 12.9. The summed E-state index contributed by atoms with van der Waals surface area (Å²) in [6.45, 7) is 3.92. The van der Waals surface area contributed by atoms with Crippen LogP contribution in [-0.2, 0) is 38.3 Å². The molecule has 1 heterocycles. The van der Waals surface area contributed by atoms with Crippen LogP contribution in [0.2, 0.25) is 0 Å². The summed E-state index contributed by atoms with van der Waals surface area (Å²) in [7, 11) is -5.07. The number of hydrogen-bond donors (Lipinski definition) is 4. The maximum absolute atomic E-state index is 12.9. The van der Waals surface area contributed by atoms with Crippen LogP contribution in [0.15, 0.2) is 72.9 Å². The van der Waals surface area contributed by atoms with E-state index in [4.69, 9.17) is 18.9 Å². The van der Waals surface area contributed by atoms with Crippen LogP contribution in [-0.4, -0.2) is 97.5 Å². The quantitative estimate of drug-likeness (QED) is 0.0197. The summed E-state index contributed by atoms with van der Waals surface area (Å²) in [6, 6.07) is 0. The van der Waals surface area contributed by atoms with Crippen molar-refractivity contribution in [3.8, 4) is 0 Å². The Hall–Kier alpha value is -2.46. The van der Waals surface area contributed by atoms with Crippen molar-refractivity contribution in [3.05, 3.63) is 72.9 Å². The van der Waals surface area contributed by atoms with Gasteiger partial charge < -0.3 is 34.3 Å². The van der Waals surface area contributed by atoms with Crippen molar-refractivity contribution in [1.82, 2.24) is 0 Å². The lowest BCUT2D eigenvalue weighted by atomic mass is 9.99. The fourth-order valence-corrected chi connectivity index (χ4v) is 8.25. The molecule has 1 rings (SSSR count). The number of carbonyl (C=O) groups is 1. The molecule has 68 heavy (non-hydrogen) atoms. The molecule has 1 aliphatic rings. The molecular weight excluding hydrogens is 885 g/mol. The lowest BCUT2D eigenvalue weighted by Crippen LogP contribution is -2.60. The van der Waals surface area contributed by atoms with Crippen molar-refractivity contribution in [1.29, 1.82) is 0 Å². The van der Waals surface area contributed by atoms with E-state index in [1.807, 2.05) is 0 Å². The Balaban J connectivity index is 2.37. The molecule has 0 aromatic heterocycles. The van der Waals surface area contributed by atoms with Crippen LogP contribution in [0.25, 0.3) is 0 Å². The van der Waals surface area contributed by atoms with Crippen molar-refractivity contribution in [2.24, 2.45) is 0 Å². The maximum Gasteiger partial charge on any atom is 0.397 e. The van der Waals surface area contributed by atoms with Crippen molar-refractivity contribution in [2.45, 2.75) is 243 Å². The van der Waals surface area contributed by atoms with Crippen LogP contribution >= 0.6 is 0 Å². The summed E-state index contributed by atoms with van der Waals surface area (Å²) in [6.07, 6.45) is 50.7. The minimum Gasteiger partial charge on any atom is -0.457 e. The van der Waals surface area contributed by atoms with Gasteiger partial charge in [-0.2, -0.15) is 8.42 Å². The lowest BCUT2D eigenvalue weighted by Gasteiger charge is -2.41. The average molecular weight is 981 g/mol. The van der Waals surface area contributed by atoms with Gasteiger partial charge >= 0.3 is 16.4 Å². The number of carbonyl (C=O) groups excluding carboxylic acids is 1. The van der Waals surface area contributed by atoms with E-state index >= 15 is 0 Å². The molecule has 0 bridgehead atoms. The Bertz CT molecular complexity index is 1460. The van der Waals surface area contributed by atoms with Gasteiger partial charge in [0.2, 0.25) is 0 Å². The zero-order chi connectivity index (χ0) is 49.6.